The van der Waals surface area contributed by atoms with Crippen LogP contribution in [-0.4, -0.2) is 36.2 Å². The van der Waals surface area contributed by atoms with Gasteiger partial charge in [0.15, 0.2) is 5.78 Å². The van der Waals surface area contributed by atoms with Crippen LogP contribution in [0.3, 0.4) is 0 Å². The molecule has 0 aromatic heterocycles. The number of amides is 1. The highest BCUT2D eigenvalue weighted by Crippen LogP contribution is 2.12. The predicted octanol–water partition coefficient (Wildman–Crippen LogP) is 5.48. The Morgan fingerprint density at radius 1 is 0.800 bits per heavy atom. The van der Waals surface area contributed by atoms with Gasteiger partial charge >= 0.3 is 0 Å². The molecule has 0 aliphatic rings. The molecule has 0 aliphatic carbocycles. The van der Waals surface area contributed by atoms with E-state index in [0.29, 0.717) is 11.1 Å². The summed E-state index contributed by atoms with van der Waals surface area (Å²) in [6.45, 7) is 7.52. The Labute approximate surface area is 181 Å². The number of unbranched alkanes of at least 4 members (excludes halogenated alkanes) is 4. The van der Waals surface area contributed by atoms with Crippen molar-refractivity contribution >= 4 is 11.7 Å². The summed E-state index contributed by atoms with van der Waals surface area (Å²) in [5, 5.41) is 2.76. The lowest BCUT2D eigenvalue weighted by atomic mass is 10.1. The summed E-state index contributed by atoms with van der Waals surface area (Å²) in [6, 6.07) is 16.8. The van der Waals surface area contributed by atoms with Crippen LogP contribution in [0.4, 0.5) is 0 Å². The third kappa shape index (κ3) is 8.50. The highest BCUT2D eigenvalue weighted by molar-refractivity contribution is 6.02. The highest BCUT2D eigenvalue weighted by atomic mass is 16.2. The van der Waals surface area contributed by atoms with Gasteiger partial charge < -0.3 is 5.32 Å². The van der Waals surface area contributed by atoms with Gasteiger partial charge in [0.2, 0.25) is 0 Å². The second-order valence-corrected chi connectivity index (χ2v) is 7.86. The molecule has 0 heterocycles. The van der Waals surface area contributed by atoms with Gasteiger partial charge in [0.05, 0.1) is 6.54 Å². The average Bonchev–Trinajstić information content (AvgIpc) is 2.78. The maximum absolute atomic E-state index is 12.6. The van der Waals surface area contributed by atoms with E-state index in [9.17, 15) is 9.59 Å². The molecule has 0 unspecified atom stereocenters. The van der Waals surface area contributed by atoms with E-state index in [1.54, 1.807) is 12.1 Å². The first-order chi connectivity index (χ1) is 14.6. The van der Waals surface area contributed by atoms with Crippen molar-refractivity contribution in [2.24, 2.45) is 0 Å². The van der Waals surface area contributed by atoms with Crippen LogP contribution in [0.25, 0.3) is 0 Å². The van der Waals surface area contributed by atoms with Crippen molar-refractivity contribution in [3.63, 3.8) is 0 Å². The van der Waals surface area contributed by atoms with Crippen LogP contribution in [0.15, 0.2) is 54.6 Å². The van der Waals surface area contributed by atoms with E-state index < -0.39 is 0 Å². The lowest BCUT2D eigenvalue weighted by molar-refractivity contribution is 0.0904. The molecule has 4 heteroatoms. The minimum atomic E-state index is -0.204. The topological polar surface area (TPSA) is 49.4 Å². The average molecular weight is 409 g/mol. The van der Waals surface area contributed by atoms with Gasteiger partial charge in [-0.1, -0.05) is 82.0 Å². The van der Waals surface area contributed by atoms with E-state index in [1.165, 1.54) is 38.5 Å². The number of nitrogens with one attached hydrogen (secondary N) is 1. The summed E-state index contributed by atoms with van der Waals surface area (Å²) in [7, 11) is 0. The van der Waals surface area contributed by atoms with Gasteiger partial charge in [-0.15, -0.1) is 0 Å². The van der Waals surface area contributed by atoms with Crippen LogP contribution < -0.4 is 5.32 Å². The number of rotatable bonds is 14. The second-order valence-electron chi connectivity index (χ2n) is 7.86. The molecule has 2 aromatic rings. The highest BCUT2D eigenvalue weighted by Gasteiger charge is 2.11. The quantitative estimate of drug-likeness (QED) is 0.332. The van der Waals surface area contributed by atoms with Crippen molar-refractivity contribution < 1.29 is 9.59 Å². The van der Waals surface area contributed by atoms with Gasteiger partial charge in [0.1, 0.15) is 0 Å². The standard InChI is InChI=1S/C26H36N2O2/c1-3-5-10-17-28(18-11-6-4-2)21-22-13-12-16-24(19-22)26(30)27-20-25(29)23-14-8-7-9-15-23/h7-9,12-16,19H,3-6,10-11,17-18,20-21H2,1-2H3,(H,27,30). The van der Waals surface area contributed by atoms with Gasteiger partial charge in [-0.05, 0) is 43.6 Å². The third-order valence-corrected chi connectivity index (χ3v) is 5.26. The summed E-state index contributed by atoms with van der Waals surface area (Å²) in [6.07, 6.45) is 7.37. The maximum Gasteiger partial charge on any atom is 0.251 e. The zero-order chi connectivity index (χ0) is 21.6. The molecule has 0 fully saturated rings. The third-order valence-electron chi connectivity index (χ3n) is 5.26. The molecule has 0 bridgehead atoms. The SMILES string of the molecule is CCCCCN(CCCCC)Cc1cccc(C(=O)NCC(=O)c2ccccc2)c1. The van der Waals surface area contributed by atoms with Crippen LogP contribution in [0.2, 0.25) is 0 Å². The summed E-state index contributed by atoms with van der Waals surface area (Å²) in [4.78, 5) is 27.3. The smallest absolute Gasteiger partial charge is 0.251 e. The monoisotopic (exact) mass is 408 g/mol. The van der Waals surface area contributed by atoms with Crippen LogP contribution in [-0.2, 0) is 6.54 Å². The Balaban J connectivity index is 1.93. The normalized spacial score (nSPS) is 10.9. The molecule has 0 atom stereocenters. The van der Waals surface area contributed by atoms with Gasteiger partial charge in [0.25, 0.3) is 5.91 Å². The molecule has 30 heavy (non-hydrogen) atoms. The summed E-state index contributed by atoms with van der Waals surface area (Å²) in [5.41, 5.74) is 2.36. The van der Waals surface area contributed by atoms with Gasteiger partial charge in [-0.2, -0.15) is 0 Å². The van der Waals surface area contributed by atoms with E-state index in [1.807, 2.05) is 36.4 Å². The Morgan fingerprint density at radius 3 is 2.07 bits per heavy atom. The van der Waals surface area contributed by atoms with E-state index in [2.05, 4.69) is 30.1 Å². The lowest BCUT2D eigenvalue weighted by Crippen LogP contribution is -2.30. The molecule has 1 amide bonds. The number of carbonyl (C=O) groups is 2. The van der Waals surface area contributed by atoms with Crippen LogP contribution in [0.1, 0.15) is 78.7 Å². The second kappa shape index (κ2) is 13.7. The summed E-state index contributed by atoms with van der Waals surface area (Å²) < 4.78 is 0. The number of nitrogens with zero attached hydrogens (tertiary/aromatic N) is 1. The number of hydrogen-bond donors (Lipinski definition) is 1. The molecule has 2 aromatic carbocycles. The van der Waals surface area contributed by atoms with Gasteiger partial charge in [-0.25, -0.2) is 0 Å². The Hall–Kier alpha value is -2.46. The van der Waals surface area contributed by atoms with Gasteiger partial charge in [0, 0.05) is 17.7 Å². The number of carbonyl (C=O) groups excluding carboxylic acids is 2. The number of hydrogen-bond acceptors (Lipinski definition) is 3. The zero-order valence-electron chi connectivity index (χ0n) is 18.5. The first-order valence-electron chi connectivity index (χ1n) is 11.3. The number of ketones is 1. The Kier molecular flexibility index (Phi) is 10.9. The molecule has 1 N–H and O–H groups in total. The predicted molar refractivity (Wildman–Crippen MR) is 124 cm³/mol. The minimum Gasteiger partial charge on any atom is -0.345 e. The van der Waals surface area contributed by atoms with E-state index in [4.69, 9.17) is 0 Å². The Morgan fingerprint density at radius 2 is 1.43 bits per heavy atom. The molecule has 0 saturated carbocycles. The largest absolute Gasteiger partial charge is 0.345 e. The van der Waals surface area contributed by atoms with Crippen molar-refractivity contribution in [2.45, 2.75) is 58.9 Å². The van der Waals surface area contributed by atoms with E-state index in [0.717, 1.165) is 25.2 Å². The molecule has 0 saturated heterocycles. The molecule has 0 spiro atoms. The molecule has 2 rings (SSSR count). The molecule has 162 valence electrons. The number of benzene rings is 2. The molecular formula is C26H36N2O2. The molecule has 0 radical (unpaired) electrons. The van der Waals surface area contributed by atoms with Crippen LogP contribution in [0, 0.1) is 0 Å². The first-order valence-corrected chi connectivity index (χ1v) is 11.3. The van der Waals surface area contributed by atoms with Crippen molar-refractivity contribution in [1.82, 2.24) is 10.2 Å². The Bertz CT molecular complexity index is 764. The molecule has 4 nitrogen and oxygen atoms in total. The fraction of sp³-hybridized carbons (Fsp3) is 0.462. The first kappa shape index (κ1) is 23.8. The van der Waals surface area contributed by atoms with Crippen molar-refractivity contribution in [3.8, 4) is 0 Å². The molecular weight excluding hydrogens is 372 g/mol. The van der Waals surface area contributed by atoms with Crippen LogP contribution >= 0.6 is 0 Å². The summed E-state index contributed by atoms with van der Waals surface area (Å²) in [5.74, 6) is -0.289. The van der Waals surface area contributed by atoms with Gasteiger partial charge in [-0.3, -0.25) is 14.5 Å². The van der Waals surface area contributed by atoms with Crippen molar-refractivity contribution in [3.05, 3.63) is 71.3 Å². The number of Topliss-reactive ketones (excluding diaryl/α,β-unsaturated/α-hetero) is 1. The fourth-order valence-electron chi connectivity index (χ4n) is 3.50. The van der Waals surface area contributed by atoms with Crippen molar-refractivity contribution in [1.29, 1.82) is 0 Å². The molecule has 0 aliphatic heterocycles. The van der Waals surface area contributed by atoms with E-state index >= 15 is 0 Å². The van der Waals surface area contributed by atoms with Crippen molar-refractivity contribution in [2.75, 3.05) is 19.6 Å². The lowest BCUT2D eigenvalue weighted by Gasteiger charge is -2.22. The maximum atomic E-state index is 12.6. The fourth-order valence-corrected chi connectivity index (χ4v) is 3.50. The summed E-state index contributed by atoms with van der Waals surface area (Å²) >= 11 is 0. The van der Waals surface area contributed by atoms with E-state index in [-0.39, 0.29) is 18.2 Å². The minimum absolute atomic E-state index is 0.00718. The zero-order valence-corrected chi connectivity index (χ0v) is 18.5. The van der Waals surface area contributed by atoms with Crippen LogP contribution in [0.5, 0.6) is 0 Å².